The van der Waals surface area contributed by atoms with Crippen molar-refractivity contribution in [3.05, 3.63) is 51.7 Å². The molecule has 0 aliphatic rings. The minimum absolute atomic E-state index is 0.149. The average Bonchev–Trinajstić information content (AvgIpc) is 2.90. The Kier molecular flexibility index (Phi) is 4.98. The molecule has 21 heavy (non-hydrogen) atoms. The number of nitrogens with two attached hydrogens (primary N) is 2. The average molecular weight is 304 g/mol. The normalized spacial score (nSPS) is 13.7. The molecule has 4 nitrogen and oxygen atoms in total. The van der Waals surface area contributed by atoms with Gasteiger partial charge in [0.1, 0.15) is 11.9 Å². The van der Waals surface area contributed by atoms with Crippen molar-refractivity contribution < 1.29 is 9.53 Å². The van der Waals surface area contributed by atoms with E-state index in [0.29, 0.717) is 11.3 Å². The Morgan fingerprint density at radius 2 is 2.00 bits per heavy atom. The maximum absolute atomic E-state index is 11.5. The van der Waals surface area contributed by atoms with Gasteiger partial charge in [0.05, 0.1) is 5.56 Å². The Morgan fingerprint density at radius 3 is 2.57 bits per heavy atom. The van der Waals surface area contributed by atoms with Crippen LogP contribution in [-0.4, -0.2) is 11.9 Å². The first kappa shape index (κ1) is 15.5. The molecule has 2 unspecified atom stereocenters. The summed E-state index contributed by atoms with van der Waals surface area (Å²) < 4.78 is 6.04. The zero-order chi connectivity index (χ0) is 15.4. The SMILES string of the molecule is CCC(N)C(Oc1ccccc1C(N)=O)c1ccc(C)s1. The molecule has 0 aliphatic carbocycles. The van der Waals surface area contributed by atoms with E-state index in [2.05, 4.69) is 0 Å². The lowest BCUT2D eigenvalue weighted by atomic mass is 10.1. The van der Waals surface area contributed by atoms with Crippen LogP contribution < -0.4 is 16.2 Å². The standard InChI is InChI=1S/C16H20N2O2S/c1-3-12(17)15(14-9-8-10(2)21-14)20-13-7-5-4-6-11(13)16(18)19/h4-9,12,15H,3,17H2,1-2H3,(H2,18,19). The van der Waals surface area contributed by atoms with Gasteiger partial charge in [-0.25, -0.2) is 0 Å². The van der Waals surface area contributed by atoms with Gasteiger partial charge in [0, 0.05) is 15.8 Å². The summed E-state index contributed by atoms with van der Waals surface area (Å²) in [6.07, 6.45) is 0.495. The first-order valence-electron chi connectivity index (χ1n) is 6.90. The highest BCUT2D eigenvalue weighted by atomic mass is 32.1. The molecule has 1 aromatic carbocycles. The molecule has 0 fully saturated rings. The molecule has 0 spiro atoms. The van der Waals surface area contributed by atoms with E-state index in [4.69, 9.17) is 16.2 Å². The predicted molar refractivity (Wildman–Crippen MR) is 85.7 cm³/mol. The Hall–Kier alpha value is -1.85. The molecule has 2 atom stereocenters. The summed E-state index contributed by atoms with van der Waals surface area (Å²) in [7, 11) is 0. The molecule has 0 radical (unpaired) electrons. The van der Waals surface area contributed by atoms with Crippen molar-refractivity contribution in [3.63, 3.8) is 0 Å². The lowest BCUT2D eigenvalue weighted by Gasteiger charge is -2.24. The quantitative estimate of drug-likeness (QED) is 0.861. The number of thiophene rings is 1. The van der Waals surface area contributed by atoms with Crippen LogP contribution >= 0.6 is 11.3 Å². The number of benzene rings is 1. The monoisotopic (exact) mass is 304 g/mol. The fraction of sp³-hybridized carbons (Fsp3) is 0.312. The molecular formula is C16H20N2O2S. The largest absolute Gasteiger partial charge is 0.482 e. The summed E-state index contributed by atoms with van der Waals surface area (Å²) >= 11 is 1.65. The minimum atomic E-state index is -0.503. The molecule has 1 amide bonds. The molecule has 112 valence electrons. The van der Waals surface area contributed by atoms with E-state index >= 15 is 0 Å². The third-order valence-corrected chi connectivity index (χ3v) is 4.37. The summed E-state index contributed by atoms with van der Waals surface area (Å²) in [6.45, 7) is 4.06. The number of carbonyl (C=O) groups excluding carboxylic acids is 1. The molecule has 4 N–H and O–H groups in total. The van der Waals surface area contributed by atoms with Crippen LogP contribution in [0.4, 0.5) is 0 Å². The Bertz CT molecular complexity index is 624. The lowest BCUT2D eigenvalue weighted by Crippen LogP contribution is -2.31. The van der Waals surface area contributed by atoms with Crippen molar-refractivity contribution >= 4 is 17.2 Å². The minimum Gasteiger partial charge on any atom is -0.482 e. The highest BCUT2D eigenvalue weighted by Crippen LogP contribution is 2.31. The van der Waals surface area contributed by atoms with Crippen molar-refractivity contribution in [2.75, 3.05) is 0 Å². The second kappa shape index (κ2) is 6.74. The number of ether oxygens (including phenoxy) is 1. The number of aryl methyl sites for hydroxylation is 1. The topological polar surface area (TPSA) is 78.3 Å². The van der Waals surface area contributed by atoms with Gasteiger partial charge in [-0.3, -0.25) is 4.79 Å². The highest BCUT2D eigenvalue weighted by molar-refractivity contribution is 7.12. The molecule has 0 saturated carbocycles. The van der Waals surface area contributed by atoms with Crippen molar-refractivity contribution in [3.8, 4) is 5.75 Å². The maximum atomic E-state index is 11.5. The van der Waals surface area contributed by atoms with Crippen LogP contribution in [0.2, 0.25) is 0 Å². The van der Waals surface area contributed by atoms with E-state index in [0.717, 1.165) is 11.3 Å². The molecule has 5 heteroatoms. The summed E-state index contributed by atoms with van der Waals surface area (Å²) in [5, 5.41) is 0. The second-order valence-corrected chi connectivity index (χ2v) is 6.24. The Labute approximate surface area is 128 Å². The van der Waals surface area contributed by atoms with Crippen LogP contribution in [0.5, 0.6) is 5.75 Å². The number of carbonyl (C=O) groups is 1. The molecule has 0 bridgehead atoms. The van der Waals surface area contributed by atoms with Gasteiger partial charge < -0.3 is 16.2 Å². The van der Waals surface area contributed by atoms with Crippen LogP contribution in [0.1, 0.15) is 39.6 Å². The zero-order valence-electron chi connectivity index (χ0n) is 12.2. The van der Waals surface area contributed by atoms with Gasteiger partial charge >= 0.3 is 0 Å². The number of hydrogen-bond donors (Lipinski definition) is 2. The van der Waals surface area contributed by atoms with Gasteiger partial charge in [-0.05, 0) is 37.6 Å². The van der Waals surface area contributed by atoms with Crippen molar-refractivity contribution in [2.45, 2.75) is 32.4 Å². The van der Waals surface area contributed by atoms with Gasteiger partial charge in [0.25, 0.3) is 5.91 Å². The number of hydrogen-bond acceptors (Lipinski definition) is 4. The van der Waals surface area contributed by atoms with E-state index in [-0.39, 0.29) is 12.1 Å². The summed E-state index contributed by atoms with van der Waals surface area (Å²) in [5.41, 5.74) is 12.0. The molecular weight excluding hydrogens is 284 g/mol. The first-order chi connectivity index (χ1) is 10.0. The fourth-order valence-corrected chi connectivity index (χ4v) is 3.07. The zero-order valence-corrected chi connectivity index (χ0v) is 13.0. The van der Waals surface area contributed by atoms with E-state index in [1.807, 2.05) is 32.0 Å². The maximum Gasteiger partial charge on any atom is 0.252 e. The van der Waals surface area contributed by atoms with Crippen molar-refractivity contribution in [2.24, 2.45) is 11.5 Å². The van der Waals surface area contributed by atoms with Crippen LogP contribution in [-0.2, 0) is 0 Å². The molecule has 2 aromatic rings. The number of rotatable bonds is 6. The van der Waals surface area contributed by atoms with Gasteiger partial charge in [0.15, 0.2) is 0 Å². The highest BCUT2D eigenvalue weighted by Gasteiger charge is 2.23. The van der Waals surface area contributed by atoms with E-state index in [1.165, 1.54) is 4.88 Å². The molecule has 1 aromatic heterocycles. The van der Waals surface area contributed by atoms with Crippen LogP contribution in [0, 0.1) is 6.92 Å². The molecule has 0 saturated heterocycles. The van der Waals surface area contributed by atoms with Crippen molar-refractivity contribution in [1.82, 2.24) is 0 Å². The van der Waals surface area contributed by atoms with Gasteiger partial charge in [-0.1, -0.05) is 19.1 Å². The van der Waals surface area contributed by atoms with Crippen LogP contribution in [0.3, 0.4) is 0 Å². The molecule has 1 heterocycles. The predicted octanol–water partition coefficient (Wildman–Crippen LogP) is 3.01. The van der Waals surface area contributed by atoms with Crippen LogP contribution in [0.15, 0.2) is 36.4 Å². The molecule has 2 rings (SSSR count). The van der Waals surface area contributed by atoms with Gasteiger partial charge in [-0.15, -0.1) is 11.3 Å². The summed E-state index contributed by atoms with van der Waals surface area (Å²) in [4.78, 5) is 13.8. The molecule has 0 aliphatic heterocycles. The lowest BCUT2D eigenvalue weighted by molar-refractivity contribution is 0.0990. The Balaban J connectivity index is 2.34. The number of para-hydroxylation sites is 1. The van der Waals surface area contributed by atoms with E-state index in [9.17, 15) is 4.79 Å². The summed E-state index contributed by atoms with van der Waals surface area (Å²) in [6, 6.07) is 10.9. The fourth-order valence-electron chi connectivity index (χ4n) is 2.09. The van der Waals surface area contributed by atoms with Crippen molar-refractivity contribution in [1.29, 1.82) is 0 Å². The number of primary amides is 1. The second-order valence-electron chi connectivity index (χ2n) is 4.92. The van der Waals surface area contributed by atoms with Gasteiger partial charge in [0.2, 0.25) is 0 Å². The first-order valence-corrected chi connectivity index (χ1v) is 7.72. The van der Waals surface area contributed by atoms with Crippen LogP contribution in [0.25, 0.3) is 0 Å². The van der Waals surface area contributed by atoms with E-state index in [1.54, 1.807) is 29.5 Å². The third-order valence-electron chi connectivity index (χ3n) is 3.31. The third kappa shape index (κ3) is 3.62. The van der Waals surface area contributed by atoms with Gasteiger partial charge in [-0.2, -0.15) is 0 Å². The summed E-state index contributed by atoms with van der Waals surface area (Å²) in [5.74, 6) is -0.0262. The number of amides is 1. The van der Waals surface area contributed by atoms with E-state index < -0.39 is 5.91 Å². The Morgan fingerprint density at radius 1 is 1.29 bits per heavy atom. The smallest absolute Gasteiger partial charge is 0.252 e.